The Balaban J connectivity index is 1.83. The monoisotopic (exact) mass is 416 g/mol. The lowest BCUT2D eigenvalue weighted by Crippen LogP contribution is -2.58. The fourth-order valence-electron chi connectivity index (χ4n) is 3.84. The van der Waals surface area contributed by atoms with E-state index in [0.29, 0.717) is 24.2 Å². The molecule has 3 rings (SSSR count). The SMILES string of the molecule is CCCCCCN(C(=O)N1CC(=O)N(C)C(c2cc[nH]c2)C1=O)C1=CCC(F)=CC1. The number of H-pyrrole nitrogens is 1. The van der Waals surface area contributed by atoms with Gasteiger partial charge in [0.05, 0.1) is 0 Å². The van der Waals surface area contributed by atoms with E-state index in [1.165, 1.54) is 11.0 Å². The van der Waals surface area contributed by atoms with Gasteiger partial charge in [-0.15, -0.1) is 0 Å². The first-order valence-corrected chi connectivity index (χ1v) is 10.5. The molecule has 1 aliphatic carbocycles. The van der Waals surface area contributed by atoms with Crippen LogP contribution in [0.4, 0.5) is 9.18 Å². The Hall–Kier alpha value is -2.90. The molecule has 1 fully saturated rings. The number of amides is 4. The summed E-state index contributed by atoms with van der Waals surface area (Å²) in [5.74, 6) is -0.961. The minimum absolute atomic E-state index is 0.135. The third kappa shape index (κ3) is 4.63. The van der Waals surface area contributed by atoms with Crippen molar-refractivity contribution in [3.8, 4) is 0 Å². The van der Waals surface area contributed by atoms with E-state index in [2.05, 4.69) is 11.9 Å². The summed E-state index contributed by atoms with van der Waals surface area (Å²) < 4.78 is 13.5. The van der Waals surface area contributed by atoms with E-state index >= 15 is 0 Å². The van der Waals surface area contributed by atoms with Crippen LogP contribution in [0.2, 0.25) is 0 Å². The molecule has 8 heteroatoms. The Bertz CT molecular complexity index is 847. The second-order valence-corrected chi connectivity index (χ2v) is 7.73. The smallest absolute Gasteiger partial charge is 0.331 e. The average molecular weight is 416 g/mol. The summed E-state index contributed by atoms with van der Waals surface area (Å²) in [6.45, 7) is 2.25. The Morgan fingerprint density at radius 1 is 1.23 bits per heavy atom. The van der Waals surface area contributed by atoms with Crippen LogP contribution < -0.4 is 0 Å². The summed E-state index contributed by atoms with van der Waals surface area (Å²) in [6.07, 6.45) is 10.8. The highest BCUT2D eigenvalue weighted by Crippen LogP contribution is 2.29. The van der Waals surface area contributed by atoms with Crippen molar-refractivity contribution in [3.63, 3.8) is 0 Å². The van der Waals surface area contributed by atoms with Crippen molar-refractivity contribution in [2.75, 3.05) is 20.1 Å². The van der Waals surface area contributed by atoms with Crippen LogP contribution >= 0.6 is 0 Å². The van der Waals surface area contributed by atoms with E-state index in [0.717, 1.165) is 30.6 Å². The van der Waals surface area contributed by atoms with Crippen molar-refractivity contribution < 1.29 is 18.8 Å². The summed E-state index contributed by atoms with van der Waals surface area (Å²) in [5, 5.41) is 0. The van der Waals surface area contributed by atoms with Gasteiger partial charge in [-0.1, -0.05) is 32.3 Å². The Morgan fingerprint density at radius 3 is 2.67 bits per heavy atom. The van der Waals surface area contributed by atoms with E-state index in [9.17, 15) is 18.8 Å². The van der Waals surface area contributed by atoms with Gasteiger partial charge in [-0.3, -0.25) is 19.4 Å². The number of nitrogens with one attached hydrogen (secondary N) is 1. The third-order valence-electron chi connectivity index (χ3n) is 5.62. The number of rotatable bonds is 7. The van der Waals surface area contributed by atoms with E-state index in [-0.39, 0.29) is 24.7 Å². The van der Waals surface area contributed by atoms with E-state index in [1.54, 1.807) is 36.5 Å². The normalized spacial score (nSPS) is 19.6. The van der Waals surface area contributed by atoms with Crippen LogP contribution in [0.25, 0.3) is 0 Å². The van der Waals surface area contributed by atoms with Gasteiger partial charge >= 0.3 is 6.03 Å². The fraction of sp³-hybridized carbons (Fsp3) is 0.500. The van der Waals surface area contributed by atoms with Gasteiger partial charge in [-0.05, 0) is 18.6 Å². The molecule has 2 aliphatic rings. The maximum atomic E-state index is 13.5. The number of likely N-dealkylation sites (N-methyl/N-ethyl adjacent to an activating group) is 1. The van der Waals surface area contributed by atoms with Crippen LogP contribution in [-0.2, 0) is 9.59 Å². The van der Waals surface area contributed by atoms with Crippen LogP contribution in [0.5, 0.6) is 0 Å². The number of halogens is 1. The molecule has 30 heavy (non-hydrogen) atoms. The first kappa shape index (κ1) is 21.8. The molecule has 4 amide bonds. The highest BCUT2D eigenvalue weighted by atomic mass is 19.1. The van der Waals surface area contributed by atoms with E-state index in [4.69, 9.17) is 0 Å². The second-order valence-electron chi connectivity index (χ2n) is 7.73. The third-order valence-corrected chi connectivity index (χ3v) is 5.62. The van der Waals surface area contributed by atoms with Crippen LogP contribution in [0, 0.1) is 0 Å². The zero-order chi connectivity index (χ0) is 21.7. The summed E-state index contributed by atoms with van der Waals surface area (Å²) in [4.78, 5) is 46.1. The largest absolute Gasteiger partial charge is 0.367 e. The molecule has 0 radical (unpaired) electrons. The number of imide groups is 1. The fourth-order valence-corrected chi connectivity index (χ4v) is 3.84. The minimum atomic E-state index is -0.846. The lowest BCUT2D eigenvalue weighted by molar-refractivity contribution is -0.152. The summed E-state index contributed by atoms with van der Waals surface area (Å²) in [7, 11) is 1.57. The number of nitrogens with zero attached hydrogens (tertiary/aromatic N) is 3. The highest BCUT2D eigenvalue weighted by Gasteiger charge is 2.43. The molecule has 1 N–H and O–H groups in total. The number of aromatic nitrogens is 1. The zero-order valence-electron chi connectivity index (χ0n) is 17.6. The van der Waals surface area contributed by atoms with Crippen LogP contribution in [0.3, 0.4) is 0 Å². The van der Waals surface area contributed by atoms with E-state index in [1.807, 2.05) is 0 Å². The molecule has 1 unspecified atom stereocenters. The number of urea groups is 1. The standard InChI is InChI=1S/C22H29FN4O3/c1-3-4-5-6-13-26(18-9-7-17(23)8-10-18)22(30)27-15-19(28)25(2)20(21(27)29)16-11-12-24-14-16/h7,10-12,14,20,24H,3-6,8-9,13,15H2,1-2H3. The highest BCUT2D eigenvalue weighted by molar-refractivity contribution is 6.05. The molecule has 0 spiro atoms. The number of carbonyl (C=O) groups excluding carboxylic acids is 3. The van der Waals surface area contributed by atoms with Crippen LogP contribution in [0.1, 0.15) is 57.1 Å². The van der Waals surface area contributed by atoms with Crippen molar-refractivity contribution in [1.29, 1.82) is 0 Å². The molecule has 1 saturated heterocycles. The number of unbranched alkanes of at least 4 members (excludes halogenated alkanes) is 3. The van der Waals surface area contributed by atoms with Gasteiger partial charge in [-0.2, -0.15) is 0 Å². The molecule has 162 valence electrons. The molecule has 0 aromatic carbocycles. The van der Waals surface area contributed by atoms with E-state index < -0.39 is 18.0 Å². The minimum Gasteiger partial charge on any atom is -0.367 e. The average Bonchev–Trinajstić information content (AvgIpc) is 3.26. The van der Waals surface area contributed by atoms with Crippen molar-refractivity contribution in [2.24, 2.45) is 0 Å². The Labute approximate surface area is 176 Å². The first-order chi connectivity index (χ1) is 14.4. The summed E-state index contributed by atoms with van der Waals surface area (Å²) in [5.41, 5.74) is 1.31. The van der Waals surface area contributed by atoms with Crippen LogP contribution in [-0.4, -0.2) is 57.7 Å². The summed E-state index contributed by atoms with van der Waals surface area (Å²) >= 11 is 0. The number of hydrogen-bond donors (Lipinski definition) is 1. The van der Waals surface area contributed by atoms with Gasteiger partial charge in [0.1, 0.15) is 18.4 Å². The predicted molar refractivity (Wildman–Crippen MR) is 111 cm³/mol. The molecule has 7 nitrogen and oxygen atoms in total. The topological polar surface area (TPSA) is 76.7 Å². The van der Waals surface area contributed by atoms with Crippen molar-refractivity contribution in [3.05, 3.63) is 47.7 Å². The van der Waals surface area contributed by atoms with Crippen LogP contribution in [0.15, 0.2) is 42.1 Å². The van der Waals surface area contributed by atoms with Gasteiger partial charge in [0.2, 0.25) is 5.91 Å². The van der Waals surface area contributed by atoms with Gasteiger partial charge in [0, 0.05) is 50.1 Å². The van der Waals surface area contributed by atoms with Gasteiger partial charge in [-0.25, -0.2) is 9.18 Å². The van der Waals surface area contributed by atoms with Crippen molar-refractivity contribution >= 4 is 17.8 Å². The number of allylic oxidation sites excluding steroid dienone is 3. The molecule has 2 heterocycles. The molecule has 1 aliphatic heterocycles. The maximum absolute atomic E-state index is 13.5. The molecular weight excluding hydrogens is 387 g/mol. The van der Waals surface area contributed by atoms with Gasteiger partial charge in [0.25, 0.3) is 5.91 Å². The quantitative estimate of drug-likeness (QED) is 0.685. The molecule has 1 aromatic heterocycles. The van der Waals surface area contributed by atoms with Gasteiger partial charge < -0.3 is 9.88 Å². The summed E-state index contributed by atoms with van der Waals surface area (Å²) in [6, 6.07) is 0.363. The zero-order valence-corrected chi connectivity index (χ0v) is 17.6. The molecular formula is C22H29FN4O3. The molecule has 0 saturated carbocycles. The number of piperazine rings is 1. The van der Waals surface area contributed by atoms with Crippen molar-refractivity contribution in [2.45, 2.75) is 51.5 Å². The lowest BCUT2D eigenvalue weighted by Gasteiger charge is -2.39. The Morgan fingerprint density at radius 2 is 2.03 bits per heavy atom. The number of aromatic amines is 1. The van der Waals surface area contributed by atoms with Crippen molar-refractivity contribution in [1.82, 2.24) is 19.7 Å². The predicted octanol–water partition coefficient (Wildman–Crippen LogP) is 3.89. The number of hydrogen-bond acceptors (Lipinski definition) is 3. The Kier molecular flexibility index (Phi) is 7.07. The number of carbonyl (C=O) groups is 3. The lowest BCUT2D eigenvalue weighted by atomic mass is 10.0. The molecule has 1 aromatic rings. The second kappa shape index (κ2) is 9.73. The maximum Gasteiger partial charge on any atom is 0.331 e. The van der Waals surface area contributed by atoms with Gasteiger partial charge in [0.15, 0.2) is 0 Å². The molecule has 0 bridgehead atoms. The molecule has 1 atom stereocenters. The first-order valence-electron chi connectivity index (χ1n) is 10.5.